The number of hydrogen-bond acceptors (Lipinski definition) is 5. The van der Waals surface area contributed by atoms with E-state index >= 15 is 0 Å². The van der Waals surface area contributed by atoms with Crippen molar-refractivity contribution >= 4 is 27.4 Å². The molecule has 0 spiro atoms. The predicted molar refractivity (Wildman–Crippen MR) is 154 cm³/mol. The maximum absolute atomic E-state index is 12.4. The van der Waals surface area contributed by atoms with Gasteiger partial charge in [-0.15, -0.1) is 11.3 Å². The van der Waals surface area contributed by atoms with Gasteiger partial charge in [0.15, 0.2) is 5.76 Å². The van der Waals surface area contributed by atoms with Gasteiger partial charge in [0.2, 0.25) is 0 Å². The number of aromatic nitrogens is 1. The highest BCUT2D eigenvalue weighted by Crippen LogP contribution is 2.49. The van der Waals surface area contributed by atoms with E-state index in [9.17, 15) is 4.79 Å². The molecular formula is C33H31NO3S. The molecule has 3 aromatic carbocycles. The fraction of sp³-hybridized carbons (Fsp3) is 0.273. The summed E-state index contributed by atoms with van der Waals surface area (Å²) in [5.74, 6) is 1.12. The highest BCUT2D eigenvalue weighted by atomic mass is 32.1. The first-order valence-electron chi connectivity index (χ1n) is 13.3. The zero-order valence-corrected chi connectivity index (χ0v) is 22.8. The second kappa shape index (κ2) is 9.88. The molecule has 1 fully saturated rings. The molecule has 38 heavy (non-hydrogen) atoms. The number of aryl methyl sites for hydroxylation is 1. The van der Waals surface area contributed by atoms with Gasteiger partial charge >= 0.3 is 5.97 Å². The van der Waals surface area contributed by atoms with Crippen LogP contribution >= 0.6 is 11.3 Å². The SMILES string of the molecule is CCOC(=O)C1(c2ccc(-c3ccc(-c4onc(C)c4CC(C)c4cc5ccccc5s4)cc3)cc2)CC1. The molecule has 1 atom stereocenters. The fourth-order valence-electron chi connectivity index (χ4n) is 5.31. The molecule has 0 amide bonds. The number of rotatable bonds is 8. The summed E-state index contributed by atoms with van der Waals surface area (Å²) in [6.45, 7) is 6.58. The van der Waals surface area contributed by atoms with Gasteiger partial charge in [-0.05, 0) is 73.2 Å². The average Bonchev–Trinajstić information content (AvgIpc) is 3.52. The molecule has 0 N–H and O–H groups in total. The van der Waals surface area contributed by atoms with Gasteiger partial charge in [0.25, 0.3) is 0 Å². The van der Waals surface area contributed by atoms with Crippen LogP contribution in [0.15, 0.2) is 83.4 Å². The Morgan fingerprint density at radius 1 is 1.00 bits per heavy atom. The number of nitrogens with zero attached hydrogens (tertiary/aromatic N) is 1. The first kappa shape index (κ1) is 24.6. The monoisotopic (exact) mass is 521 g/mol. The third-order valence-corrected chi connectivity index (χ3v) is 9.11. The molecule has 0 radical (unpaired) electrons. The molecule has 1 aliphatic rings. The van der Waals surface area contributed by atoms with E-state index in [2.05, 4.69) is 90.9 Å². The van der Waals surface area contributed by atoms with Crippen molar-refractivity contribution in [3.63, 3.8) is 0 Å². The Balaban J connectivity index is 1.21. The van der Waals surface area contributed by atoms with Gasteiger partial charge in [-0.3, -0.25) is 4.79 Å². The van der Waals surface area contributed by atoms with Crippen molar-refractivity contribution in [1.29, 1.82) is 0 Å². The minimum atomic E-state index is -0.439. The molecule has 4 nitrogen and oxygen atoms in total. The summed E-state index contributed by atoms with van der Waals surface area (Å²) >= 11 is 1.87. The second-order valence-electron chi connectivity index (χ2n) is 10.3. The van der Waals surface area contributed by atoms with Crippen LogP contribution in [-0.4, -0.2) is 17.7 Å². The first-order chi connectivity index (χ1) is 18.5. The zero-order chi connectivity index (χ0) is 26.3. The molecule has 2 heterocycles. The van der Waals surface area contributed by atoms with Crippen LogP contribution < -0.4 is 0 Å². The standard InChI is InChI=1S/C33H31NO3S/c1-4-36-32(35)33(17-18-33)27-15-13-24(14-16-27)23-9-11-25(12-10-23)31-28(22(3)34-37-31)19-21(2)30-20-26-7-5-6-8-29(26)38-30/h5-16,20-21H,4,17-19H2,1-3H3. The summed E-state index contributed by atoms with van der Waals surface area (Å²) in [7, 11) is 0. The molecule has 5 aromatic rings. The molecular weight excluding hydrogens is 490 g/mol. The summed E-state index contributed by atoms with van der Waals surface area (Å²) in [6, 6.07) is 27.7. The number of fused-ring (bicyclic) bond motifs is 1. The maximum Gasteiger partial charge on any atom is 0.316 e. The molecule has 1 aliphatic carbocycles. The van der Waals surface area contributed by atoms with Gasteiger partial charge in [0.05, 0.1) is 17.7 Å². The number of esters is 1. The average molecular weight is 522 g/mol. The van der Waals surface area contributed by atoms with Crippen molar-refractivity contribution in [2.45, 2.75) is 51.4 Å². The van der Waals surface area contributed by atoms with Gasteiger partial charge in [-0.25, -0.2) is 0 Å². The summed E-state index contributed by atoms with van der Waals surface area (Å²) in [5.41, 5.74) is 6.00. The molecule has 1 saturated carbocycles. The number of benzene rings is 3. The molecule has 1 unspecified atom stereocenters. The first-order valence-corrected chi connectivity index (χ1v) is 14.1. The van der Waals surface area contributed by atoms with E-state index in [0.717, 1.165) is 53.0 Å². The molecule has 6 rings (SSSR count). The van der Waals surface area contributed by atoms with E-state index in [1.54, 1.807) is 0 Å². The quantitative estimate of drug-likeness (QED) is 0.192. The van der Waals surface area contributed by atoms with Crippen LogP contribution in [0.2, 0.25) is 0 Å². The number of hydrogen-bond donors (Lipinski definition) is 0. The number of carbonyl (C=O) groups is 1. The fourth-order valence-corrected chi connectivity index (χ4v) is 6.42. The predicted octanol–water partition coefficient (Wildman–Crippen LogP) is 8.47. The maximum atomic E-state index is 12.4. The Labute approximate surface area is 227 Å². The van der Waals surface area contributed by atoms with Gasteiger partial charge in [0.1, 0.15) is 0 Å². The van der Waals surface area contributed by atoms with Gasteiger partial charge in [0, 0.05) is 20.7 Å². The van der Waals surface area contributed by atoms with Gasteiger partial charge in [-0.2, -0.15) is 0 Å². The lowest BCUT2D eigenvalue weighted by Crippen LogP contribution is -2.23. The minimum Gasteiger partial charge on any atom is -0.465 e. The van der Waals surface area contributed by atoms with Crippen LogP contribution in [0.25, 0.3) is 32.5 Å². The highest BCUT2D eigenvalue weighted by Gasteiger charge is 2.52. The summed E-state index contributed by atoms with van der Waals surface area (Å²) in [6.07, 6.45) is 2.60. The lowest BCUT2D eigenvalue weighted by molar-refractivity contribution is -0.146. The minimum absolute atomic E-state index is 0.100. The third kappa shape index (κ3) is 4.45. The van der Waals surface area contributed by atoms with E-state index in [1.165, 1.54) is 20.5 Å². The molecule has 0 aliphatic heterocycles. The highest BCUT2D eigenvalue weighted by molar-refractivity contribution is 7.19. The van der Waals surface area contributed by atoms with Crippen LogP contribution in [0.3, 0.4) is 0 Å². The van der Waals surface area contributed by atoms with E-state index < -0.39 is 5.41 Å². The van der Waals surface area contributed by atoms with E-state index in [4.69, 9.17) is 9.26 Å². The van der Waals surface area contributed by atoms with Crippen LogP contribution in [0.4, 0.5) is 0 Å². The largest absolute Gasteiger partial charge is 0.465 e. The smallest absolute Gasteiger partial charge is 0.316 e. The lowest BCUT2D eigenvalue weighted by Gasteiger charge is -2.14. The number of carbonyl (C=O) groups excluding carboxylic acids is 1. The normalized spacial score (nSPS) is 14.9. The topological polar surface area (TPSA) is 52.3 Å². The molecule has 0 bridgehead atoms. The number of thiophene rings is 1. The van der Waals surface area contributed by atoms with Crippen molar-refractivity contribution in [3.8, 4) is 22.5 Å². The van der Waals surface area contributed by atoms with Crippen LogP contribution in [0, 0.1) is 6.92 Å². The van der Waals surface area contributed by atoms with Crippen LogP contribution in [0.1, 0.15) is 54.3 Å². The van der Waals surface area contributed by atoms with Crippen LogP contribution in [-0.2, 0) is 21.4 Å². The molecule has 0 saturated heterocycles. The van der Waals surface area contributed by atoms with Crippen molar-refractivity contribution in [2.75, 3.05) is 6.61 Å². The Bertz CT molecular complexity index is 1560. The van der Waals surface area contributed by atoms with Crippen molar-refractivity contribution in [3.05, 3.63) is 101 Å². The Morgan fingerprint density at radius 3 is 2.32 bits per heavy atom. The Morgan fingerprint density at radius 2 is 1.66 bits per heavy atom. The lowest BCUT2D eigenvalue weighted by atomic mass is 9.93. The Kier molecular flexibility index (Phi) is 6.40. The molecule has 5 heteroatoms. The summed E-state index contributed by atoms with van der Waals surface area (Å²) in [5, 5.41) is 5.62. The summed E-state index contributed by atoms with van der Waals surface area (Å²) < 4.78 is 12.5. The van der Waals surface area contributed by atoms with E-state index in [1.807, 2.05) is 25.2 Å². The van der Waals surface area contributed by atoms with Crippen molar-refractivity contribution in [1.82, 2.24) is 5.16 Å². The Hall–Kier alpha value is -3.70. The van der Waals surface area contributed by atoms with Crippen molar-refractivity contribution in [2.24, 2.45) is 0 Å². The number of ether oxygens (including phenoxy) is 1. The van der Waals surface area contributed by atoms with Crippen molar-refractivity contribution < 1.29 is 14.1 Å². The van der Waals surface area contributed by atoms with Crippen LogP contribution in [0.5, 0.6) is 0 Å². The van der Waals surface area contributed by atoms with E-state index in [-0.39, 0.29) is 5.97 Å². The van der Waals surface area contributed by atoms with E-state index in [0.29, 0.717) is 12.5 Å². The van der Waals surface area contributed by atoms with Gasteiger partial charge in [-0.1, -0.05) is 78.8 Å². The zero-order valence-electron chi connectivity index (χ0n) is 22.0. The summed E-state index contributed by atoms with van der Waals surface area (Å²) in [4.78, 5) is 13.8. The van der Waals surface area contributed by atoms with Gasteiger partial charge < -0.3 is 9.26 Å². The molecule has 192 valence electrons. The second-order valence-corrected chi connectivity index (χ2v) is 11.4. The third-order valence-electron chi connectivity index (χ3n) is 7.76. The molecule has 2 aromatic heterocycles.